The number of nitrogens with one attached hydrogen (secondary N) is 2. The number of carbonyl (C=O) groups is 2. The highest BCUT2D eigenvalue weighted by atomic mass is 32.2. The predicted octanol–water partition coefficient (Wildman–Crippen LogP) is -1.12. The van der Waals surface area contributed by atoms with E-state index in [4.69, 9.17) is 24.5 Å². The molecule has 2 amide bonds. The number of rotatable bonds is 12. The average Bonchev–Trinajstić information content (AvgIpc) is 2.45. The molecule has 0 aliphatic heterocycles. The van der Waals surface area contributed by atoms with Gasteiger partial charge < -0.3 is 30.6 Å². The highest BCUT2D eigenvalue weighted by molar-refractivity contribution is 7.85. The van der Waals surface area contributed by atoms with Gasteiger partial charge in [0.2, 0.25) is 5.91 Å². The van der Waals surface area contributed by atoms with Gasteiger partial charge in [-0.25, -0.2) is 4.79 Å². The fourth-order valence-corrected chi connectivity index (χ4v) is 2.15. The predicted molar refractivity (Wildman–Crippen MR) is 93.3 cm³/mol. The molecule has 0 rings (SSSR count). The second-order valence-corrected chi connectivity index (χ2v) is 7.80. The van der Waals surface area contributed by atoms with Gasteiger partial charge in [0, 0.05) is 13.1 Å². The van der Waals surface area contributed by atoms with Crippen molar-refractivity contribution in [3.63, 3.8) is 0 Å². The van der Waals surface area contributed by atoms with Gasteiger partial charge in [0.15, 0.2) is 0 Å². The van der Waals surface area contributed by atoms with E-state index in [2.05, 4.69) is 10.6 Å². The Labute approximate surface area is 153 Å². The van der Waals surface area contributed by atoms with Crippen molar-refractivity contribution in [3.05, 3.63) is 0 Å². The van der Waals surface area contributed by atoms with Gasteiger partial charge in [-0.3, -0.25) is 9.35 Å². The maximum absolute atomic E-state index is 11.4. The second kappa shape index (κ2) is 12.0. The molecule has 12 heteroatoms. The molecule has 0 bridgehead atoms. The zero-order valence-electron chi connectivity index (χ0n) is 15.3. The molecule has 26 heavy (non-hydrogen) atoms. The van der Waals surface area contributed by atoms with Crippen LogP contribution in [-0.4, -0.2) is 81.9 Å². The summed E-state index contributed by atoms with van der Waals surface area (Å²) in [6.07, 6.45) is -0.514. The Kier molecular flexibility index (Phi) is 11.3. The largest absolute Gasteiger partial charge is 0.444 e. The summed E-state index contributed by atoms with van der Waals surface area (Å²) in [6, 6.07) is -1.34. The molecule has 5 N–H and O–H groups in total. The van der Waals surface area contributed by atoms with Crippen LogP contribution >= 0.6 is 0 Å². The summed E-state index contributed by atoms with van der Waals surface area (Å²) in [4.78, 5) is 22.8. The molecular formula is C14H29N3O8S. The minimum atomic E-state index is -4.30. The number of amides is 2. The van der Waals surface area contributed by atoms with Crippen LogP contribution in [0.15, 0.2) is 0 Å². The first-order valence-electron chi connectivity index (χ1n) is 8.01. The maximum atomic E-state index is 11.4. The molecule has 0 heterocycles. The molecule has 0 radical (unpaired) electrons. The highest BCUT2D eigenvalue weighted by Crippen LogP contribution is 2.05. The van der Waals surface area contributed by atoms with Crippen molar-refractivity contribution in [3.8, 4) is 0 Å². The number of nitrogens with two attached hydrogens (primary N) is 1. The third-order valence-corrected chi connectivity index (χ3v) is 3.34. The molecule has 0 aliphatic carbocycles. The molecule has 0 saturated heterocycles. The van der Waals surface area contributed by atoms with Gasteiger partial charge in [-0.1, -0.05) is 0 Å². The van der Waals surface area contributed by atoms with Crippen LogP contribution < -0.4 is 16.4 Å². The third-order valence-electron chi connectivity index (χ3n) is 2.56. The Morgan fingerprint density at radius 1 is 1.04 bits per heavy atom. The van der Waals surface area contributed by atoms with E-state index in [1.54, 1.807) is 20.8 Å². The smallest absolute Gasteiger partial charge is 0.407 e. The fraction of sp³-hybridized carbons (Fsp3) is 0.857. The van der Waals surface area contributed by atoms with E-state index in [1.807, 2.05) is 0 Å². The Morgan fingerprint density at radius 3 is 2.00 bits per heavy atom. The Hall–Kier alpha value is -1.47. The standard InChI is InChI=1S/C14H29N3O8S/c1-14(2,3)25-13(19)17-5-7-24-9-8-23-6-4-16-12(18)11(15)10-26(20,21)22/h11H,4-10,15H2,1-3H3,(H,16,18)(H,17,19)(H,20,21,22)/t11-/m0/s1. The van der Waals surface area contributed by atoms with E-state index in [0.29, 0.717) is 19.8 Å². The number of ether oxygens (including phenoxy) is 3. The SMILES string of the molecule is CC(C)(C)OC(=O)NCCOCCOCCNC(=O)[C@@H](N)CS(=O)(=O)O. The normalized spacial score (nSPS) is 13.1. The lowest BCUT2D eigenvalue weighted by Crippen LogP contribution is -2.45. The molecule has 0 aliphatic rings. The maximum Gasteiger partial charge on any atom is 0.407 e. The first kappa shape index (κ1) is 24.5. The van der Waals surface area contributed by atoms with Gasteiger partial charge in [-0.15, -0.1) is 0 Å². The number of hydrogen-bond acceptors (Lipinski definition) is 8. The molecule has 0 aromatic heterocycles. The van der Waals surface area contributed by atoms with Gasteiger partial charge >= 0.3 is 6.09 Å². The van der Waals surface area contributed by atoms with Crippen LogP contribution in [0.2, 0.25) is 0 Å². The number of alkyl carbamates (subject to hydrolysis) is 1. The molecular weight excluding hydrogens is 370 g/mol. The van der Waals surface area contributed by atoms with Crippen LogP contribution in [0.5, 0.6) is 0 Å². The minimum Gasteiger partial charge on any atom is -0.444 e. The van der Waals surface area contributed by atoms with Crippen LogP contribution in [0.1, 0.15) is 20.8 Å². The molecule has 0 spiro atoms. The summed E-state index contributed by atoms with van der Waals surface area (Å²) >= 11 is 0. The first-order chi connectivity index (χ1) is 11.9. The van der Waals surface area contributed by atoms with E-state index in [-0.39, 0.29) is 19.8 Å². The van der Waals surface area contributed by atoms with Crippen molar-refractivity contribution in [2.24, 2.45) is 5.73 Å². The zero-order valence-corrected chi connectivity index (χ0v) is 16.1. The summed E-state index contributed by atoms with van der Waals surface area (Å²) in [5, 5.41) is 4.92. The number of carbonyl (C=O) groups excluding carboxylic acids is 2. The zero-order chi connectivity index (χ0) is 20.2. The summed E-state index contributed by atoms with van der Waals surface area (Å²) in [6.45, 7) is 6.80. The van der Waals surface area contributed by atoms with Gasteiger partial charge in [-0.05, 0) is 20.8 Å². The van der Waals surface area contributed by atoms with Crippen molar-refractivity contribution in [2.75, 3.05) is 45.3 Å². The molecule has 0 unspecified atom stereocenters. The van der Waals surface area contributed by atoms with E-state index in [1.165, 1.54) is 0 Å². The van der Waals surface area contributed by atoms with Crippen molar-refractivity contribution >= 4 is 22.1 Å². The topological polar surface area (TPSA) is 166 Å². The Bertz CT molecular complexity index is 533. The third kappa shape index (κ3) is 16.0. The fourth-order valence-electron chi connectivity index (χ4n) is 1.54. The van der Waals surface area contributed by atoms with Gasteiger partial charge in [0.1, 0.15) is 11.6 Å². The molecule has 154 valence electrons. The van der Waals surface area contributed by atoms with Crippen LogP contribution in [-0.2, 0) is 29.1 Å². The van der Waals surface area contributed by atoms with E-state index >= 15 is 0 Å². The Morgan fingerprint density at radius 2 is 1.54 bits per heavy atom. The Balaban J connectivity index is 3.52. The molecule has 0 aromatic carbocycles. The van der Waals surface area contributed by atoms with Crippen molar-refractivity contribution in [1.82, 2.24) is 10.6 Å². The van der Waals surface area contributed by atoms with Gasteiger partial charge in [0.05, 0.1) is 32.2 Å². The molecule has 1 atom stereocenters. The molecule has 0 saturated carbocycles. The van der Waals surface area contributed by atoms with Gasteiger partial charge in [0.25, 0.3) is 10.1 Å². The van der Waals surface area contributed by atoms with Crippen LogP contribution in [0.4, 0.5) is 4.79 Å². The van der Waals surface area contributed by atoms with Crippen LogP contribution in [0, 0.1) is 0 Å². The highest BCUT2D eigenvalue weighted by Gasteiger charge is 2.19. The van der Waals surface area contributed by atoms with Crippen molar-refractivity contribution < 1.29 is 36.8 Å². The first-order valence-corrected chi connectivity index (χ1v) is 9.62. The molecule has 0 fully saturated rings. The number of hydrogen-bond donors (Lipinski definition) is 4. The van der Waals surface area contributed by atoms with Crippen molar-refractivity contribution in [2.45, 2.75) is 32.4 Å². The molecule has 11 nitrogen and oxygen atoms in total. The summed E-state index contributed by atoms with van der Waals surface area (Å²) in [5.74, 6) is -1.54. The van der Waals surface area contributed by atoms with Crippen LogP contribution in [0.3, 0.4) is 0 Å². The lowest BCUT2D eigenvalue weighted by Gasteiger charge is -2.19. The average molecular weight is 399 g/mol. The van der Waals surface area contributed by atoms with E-state index in [0.717, 1.165) is 0 Å². The van der Waals surface area contributed by atoms with E-state index < -0.39 is 39.5 Å². The lowest BCUT2D eigenvalue weighted by atomic mass is 10.2. The van der Waals surface area contributed by atoms with Crippen molar-refractivity contribution in [1.29, 1.82) is 0 Å². The lowest BCUT2D eigenvalue weighted by molar-refractivity contribution is -0.122. The molecule has 0 aromatic rings. The summed E-state index contributed by atoms with van der Waals surface area (Å²) in [7, 11) is -4.30. The summed E-state index contributed by atoms with van der Waals surface area (Å²) < 4.78 is 45.3. The van der Waals surface area contributed by atoms with Gasteiger partial charge in [-0.2, -0.15) is 8.42 Å². The van der Waals surface area contributed by atoms with E-state index in [9.17, 15) is 18.0 Å². The quantitative estimate of drug-likeness (QED) is 0.235. The van der Waals surface area contributed by atoms with Crippen LogP contribution in [0.25, 0.3) is 0 Å². The minimum absolute atomic E-state index is 0.137. The summed E-state index contributed by atoms with van der Waals surface area (Å²) in [5.41, 5.74) is 4.77. The monoisotopic (exact) mass is 399 g/mol. The second-order valence-electron chi connectivity index (χ2n) is 6.30.